The van der Waals surface area contributed by atoms with Crippen molar-refractivity contribution in [2.24, 2.45) is 5.73 Å². The number of nitrogens with two attached hydrogens (primary N) is 1. The van der Waals surface area contributed by atoms with Gasteiger partial charge in [-0.3, -0.25) is 4.79 Å². The van der Waals surface area contributed by atoms with E-state index < -0.39 is 6.04 Å². The van der Waals surface area contributed by atoms with Gasteiger partial charge in [-0.1, -0.05) is 17.7 Å². The molecule has 0 aliphatic carbocycles. The third-order valence-electron chi connectivity index (χ3n) is 2.26. The van der Waals surface area contributed by atoms with Crippen molar-refractivity contribution in [1.29, 1.82) is 0 Å². The van der Waals surface area contributed by atoms with Crippen LogP contribution in [0.4, 0.5) is 0 Å². The maximum atomic E-state index is 11.3. The molecule has 1 aromatic heterocycles. The lowest BCUT2D eigenvalue weighted by Crippen LogP contribution is -2.32. The van der Waals surface area contributed by atoms with Crippen LogP contribution in [-0.4, -0.2) is 29.4 Å². The van der Waals surface area contributed by atoms with Gasteiger partial charge in [0.1, 0.15) is 11.2 Å². The maximum absolute atomic E-state index is 11.3. The van der Waals surface area contributed by atoms with Gasteiger partial charge in [0.25, 0.3) is 0 Å². The number of carbonyl (C=O) groups is 1. The summed E-state index contributed by atoms with van der Waals surface area (Å²) >= 11 is 7.61. The molecule has 0 bridgehead atoms. The van der Waals surface area contributed by atoms with Gasteiger partial charge in [0.2, 0.25) is 0 Å². The number of ether oxygens (including phenoxy) is 1. The van der Waals surface area contributed by atoms with E-state index in [9.17, 15) is 4.79 Å². The molecule has 1 unspecified atom stereocenters. The van der Waals surface area contributed by atoms with E-state index in [2.05, 4.69) is 4.98 Å². The number of aromatic nitrogens is 1. The molecule has 100 valence electrons. The molecule has 1 aromatic rings. The second kappa shape index (κ2) is 8.34. The smallest absolute Gasteiger partial charge is 0.322 e. The predicted octanol–water partition coefficient (Wildman–Crippen LogP) is 2.25. The molecule has 1 atom stereocenters. The normalized spacial score (nSPS) is 12.2. The number of carbonyl (C=O) groups excluding carboxylic acids is 1. The molecule has 6 heteroatoms. The summed E-state index contributed by atoms with van der Waals surface area (Å²) in [4.78, 5) is 15.3. The van der Waals surface area contributed by atoms with Gasteiger partial charge >= 0.3 is 5.97 Å². The Kier molecular flexibility index (Phi) is 7.08. The SMILES string of the molecule is CCOC(=O)C(N)CCSCc1cccnc1Cl. The van der Waals surface area contributed by atoms with Crippen LogP contribution in [0.3, 0.4) is 0 Å². The summed E-state index contributed by atoms with van der Waals surface area (Å²) in [5.41, 5.74) is 6.68. The van der Waals surface area contributed by atoms with Gasteiger partial charge < -0.3 is 10.5 Å². The highest BCUT2D eigenvalue weighted by atomic mass is 35.5. The first-order valence-electron chi connectivity index (χ1n) is 5.74. The first-order valence-corrected chi connectivity index (χ1v) is 7.27. The minimum Gasteiger partial charge on any atom is -0.465 e. The Hall–Kier alpha value is -0.780. The molecule has 0 spiro atoms. The Morgan fingerprint density at radius 3 is 3.11 bits per heavy atom. The lowest BCUT2D eigenvalue weighted by Gasteiger charge is -2.10. The number of halogens is 1. The highest BCUT2D eigenvalue weighted by Crippen LogP contribution is 2.19. The summed E-state index contributed by atoms with van der Waals surface area (Å²) in [6.45, 7) is 2.13. The van der Waals surface area contributed by atoms with Crippen LogP contribution in [-0.2, 0) is 15.3 Å². The molecule has 0 saturated heterocycles. The topological polar surface area (TPSA) is 65.2 Å². The van der Waals surface area contributed by atoms with Gasteiger partial charge in [-0.25, -0.2) is 4.98 Å². The zero-order valence-corrected chi connectivity index (χ0v) is 11.8. The van der Waals surface area contributed by atoms with Crippen LogP contribution >= 0.6 is 23.4 Å². The highest BCUT2D eigenvalue weighted by Gasteiger charge is 2.13. The van der Waals surface area contributed by atoms with E-state index in [0.29, 0.717) is 18.2 Å². The molecule has 0 amide bonds. The molecule has 0 radical (unpaired) electrons. The minimum atomic E-state index is -0.540. The molecule has 4 nitrogen and oxygen atoms in total. The first-order chi connectivity index (χ1) is 8.65. The summed E-state index contributed by atoms with van der Waals surface area (Å²) in [5.74, 6) is 1.21. The molecule has 2 N–H and O–H groups in total. The van der Waals surface area contributed by atoms with E-state index in [1.807, 2.05) is 12.1 Å². The molecule has 0 aromatic carbocycles. The predicted molar refractivity (Wildman–Crippen MR) is 74.6 cm³/mol. The summed E-state index contributed by atoms with van der Waals surface area (Å²) in [6.07, 6.45) is 2.26. The van der Waals surface area contributed by atoms with Crippen molar-refractivity contribution in [2.75, 3.05) is 12.4 Å². The van der Waals surface area contributed by atoms with Gasteiger partial charge in [0.15, 0.2) is 0 Å². The number of pyridine rings is 1. The van der Waals surface area contributed by atoms with Gasteiger partial charge in [-0.15, -0.1) is 0 Å². The first kappa shape index (κ1) is 15.3. The number of thioether (sulfide) groups is 1. The second-order valence-electron chi connectivity index (χ2n) is 3.65. The van der Waals surface area contributed by atoms with E-state index in [1.54, 1.807) is 24.9 Å². The largest absolute Gasteiger partial charge is 0.465 e. The molecule has 1 heterocycles. The Morgan fingerprint density at radius 2 is 2.44 bits per heavy atom. The molecular formula is C12H17ClN2O2S. The zero-order valence-electron chi connectivity index (χ0n) is 10.3. The van der Waals surface area contributed by atoms with Crippen molar-refractivity contribution < 1.29 is 9.53 Å². The Labute approximate surface area is 116 Å². The van der Waals surface area contributed by atoms with Gasteiger partial charge in [-0.2, -0.15) is 11.8 Å². The summed E-state index contributed by atoms with van der Waals surface area (Å²) < 4.78 is 4.83. The van der Waals surface area contributed by atoms with Crippen LogP contribution in [0.25, 0.3) is 0 Å². The maximum Gasteiger partial charge on any atom is 0.322 e. The minimum absolute atomic E-state index is 0.336. The van der Waals surface area contributed by atoms with E-state index >= 15 is 0 Å². The van der Waals surface area contributed by atoms with Crippen molar-refractivity contribution in [2.45, 2.75) is 25.1 Å². The lowest BCUT2D eigenvalue weighted by molar-refractivity contribution is -0.144. The van der Waals surface area contributed by atoms with Crippen molar-refractivity contribution in [3.05, 3.63) is 29.0 Å². The number of esters is 1. The van der Waals surface area contributed by atoms with Crippen molar-refractivity contribution in [3.63, 3.8) is 0 Å². The fourth-order valence-electron chi connectivity index (χ4n) is 1.29. The number of hydrogen-bond donors (Lipinski definition) is 1. The molecule has 18 heavy (non-hydrogen) atoms. The average Bonchev–Trinajstić information content (AvgIpc) is 2.36. The monoisotopic (exact) mass is 288 g/mol. The van der Waals surface area contributed by atoms with Crippen molar-refractivity contribution >= 4 is 29.3 Å². The summed E-state index contributed by atoms with van der Waals surface area (Å²) in [6, 6.07) is 3.25. The van der Waals surface area contributed by atoms with Crippen LogP contribution in [0.5, 0.6) is 0 Å². The van der Waals surface area contributed by atoms with E-state index in [1.165, 1.54) is 0 Å². The Balaban J connectivity index is 2.23. The number of nitrogens with zero attached hydrogens (tertiary/aromatic N) is 1. The van der Waals surface area contributed by atoms with Crippen LogP contribution < -0.4 is 5.73 Å². The lowest BCUT2D eigenvalue weighted by atomic mass is 10.2. The molecule has 0 fully saturated rings. The van der Waals surface area contributed by atoms with Crippen molar-refractivity contribution in [1.82, 2.24) is 4.98 Å². The molecule has 0 saturated carbocycles. The van der Waals surface area contributed by atoms with Crippen LogP contribution in [0, 0.1) is 0 Å². The molecule has 0 aliphatic rings. The average molecular weight is 289 g/mol. The summed E-state index contributed by atoms with van der Waals surface area (Å²) in [5, 5.41) is 0.527. The Morgan fingerprint density at radius 1 is 1.67 bits per heavy atom. The van der Waals surface area contributed by atoms with E-state index in [0.717, 1.165) is 17.1 Å². The number of hydrogen-bond acceptors (Lipinski definition) is 5. The summed E-state index contributed by atoms with van der Waals surface area (Å²) in [7, 11) is 0. The van der Waals surface area contributed by atoms with Gasteiger partial charge in [-0.05, 0) is 30.7 Å². The van der Waals surface area contributed by atoms with E-state index in [-0.39, 0.29) is 5.97 Å². The molecular weight excluding hydrogens is 272 g/mol. The molecule has 0 aliphatic heterocycles. The quantitative estimate of drug-likeness (QED) is 0.473. The van der Waals surface area contributed by atoms with Gasteiger partial charge in [0.05, 0.1) is 6.61 Å². The van der Waals surface area contributed by atoms with E-state index in [4.69, 9.17) is 22.1 Å². The van der Waals surface area contributed by atoms with Crippen LogP contribution in [0.1, 0.15) is 18.9 Å². The standard InChI is InChI=1S/C12H17ClN2O2S/c1-2-17-12(16)10(14)5-7-18-8-9-4-3-6-15-11(9)13/h3-4,6,10H,2,5,7-8,14H2,1H3. The fourth-order valence-corrected chi connectivity index (χ4v) is 2.57. The fraction of sp³-hybridized carbons (Fsp3) is 0.500. The zero-order chi connectivity index (χ0) is 13.4. The molecule has 1 rings (SSSR count). The highest BCUT2D eigenvalue weighted by molar-refractivity contribution is 7.98. The van der Waals surface area contributed by atoms with Crippen LogP contribution in [0.15, 0.2) is 18.3 Å². The van der Waals surface area contributed by atoms with Crippen molar-refractivity contribution in [3.8, 4) is 0 Å². The Bertz CT molecular complexity index is 390. The van der Waals surface area contributed by atoms with Gasteiger partial charge in [0, 0.05) is 11.9 Å². The van der Waals surface area contributed by atoms with Crippen LogP contribution in [0.2, 0.25) is 5.15 Å². The number of rotatable bonds is 7. The third kappa shape index (κ3) is 5.25. The second-order valence-corrected chi connectivity index (χ2v) is 5.12. The third-order valence-corrected chi connectivity index (χ3v) is 3.64.